The summed E-state index contributed by atoms with van der Waals surface area (Å²) in [6.45, 7) is 6.24. The van der Waals surface area contributed by atoms with E-state index in [9.17, 15) is 0 Å². The van der Waals surface area contributed by atoms with Crippen molar-refractivity contribution in [2.45, 2.75) is 13.5 Å². The van der Waals surface area contributed by atoms with Crippen molar-refractivity contribution >= 4 is 16.6 Å². The minimum Gasteiger partial charge on any atom is -0.379 e. The number of morpholine rings is 1. The summed E-state index contributed by atoms with van der Waals surface area (Å²) in [4.78, 5) is 7.01. The topological polar surface area (TPSA) is 55.5 Å². The van der Waals surface area contributed by atoms with E-state index >= 15 is 0 Å². The average molecular weight is 283 g/mol. The molecule has 0 unspecified atom stereocenters. The zero-order valence-corrected chi connectivity index (χ0v) is 12.0. The number of aryl methyl sites for hydroxylation is 1. The number of fused-ring (bicyclic) bond motifs is 3. The first-order valence-electron chi connectivity index (χ1n) is 7.22. The van der Waals surface area contributed by atoms with E-state index in [4.69, 9.17) is 4.74 Å². The van der Waals surface area contributed by atoms with Gasteiger partial charge in [-0.3, -0.25) is 9.30 Å². The number of hydrogen-bond donors (Lipinski definition) is 0. The number of ether oxygens (including phenoxy) is 1. The highest BCUT2D eigenvalue weighted by molar-refractivity contribution is 5.91. The molecule has 1 aliphatic heterocycles. The summed E-state index contributed by atoms with van der Waals surface area (Å²) in [7, 11) is 0. The summed E-state index contributed by atoms with van der Waals surface area (Å²) >= 11 is 0. The van der Waals surface area contributed by atoms with Crippen LogP contribution in [0, 0.1) is 6.92 Å². The fourth-order valence-corrected chi connectivity index (χ4v) is 2.88. The van der Waals surface area contributed by atoms with E-state index in [0.717, 1.165) is 61.0 Å². The first-order valence-corrected chi connectivity index (χ1v) is 7.22. The monoisotopic (exact) mass is 283 g/mol. The van der Waals surface area contributed by atoms with Crippen LogP contribution in [0.15, 0.2) is 24.3 Å². The van der Waals surface area contributed by atoms with Crippen LogP contribution in [0.3, 0.4) is 0 Å². The molecule has 1 saturated heterocycles. The molecule has 4 rings (SSSR count). The molecule has 0 bridgehead atoms. The van der Waals surface area contributed by atoms with Gasteiger partial charge in [0.15, 0.2) is 11.5 Å². The third kappa shape index (κ3) is 2.16. The largest absolute Gasteiger partial charge is 0.379 e. The SMILES string of the molecule is Cc1nc2ccccc2c2nnc(CN3CCOCC3)n12. The molecule has 6 nitrogen and oxygen atoms in total. The van der Waals surface area contributed by atoms with Crippen molar-refractivity contribution in [3.63, 3.8) is 0 Å². The Morgan fingerprint density at radius 2 is 1.95 bits per heavy atom. The third-order valence-electron chi connectivity index (χ3n) is 3.95. The molecule has 21 heavy (non-hydrogen) atoms. The van der Waals surface area contributed by atoms with Gasteiger partial charge in [0.25, 0.3) is 0 Å². The fourth-order valence-electron chi connectivity index (χ4n) is 2.88. The maximum Gasteiger partial charge on any atom is 0.171 e. The van der Waals surface area contributed by atoms with Gasteiger partial charge in [-0.1, -0.05) is 12.1 Å². The van der Waals surface area contributed by atoms with E-state index < -0.39 is 0 Å². The van der Waals surface area contributed by atoms with E-state index in [1.807, 2.05) is 31.2 Å². The van der Waals surface area contributed by atoms with Crippen molar-refractivity contribution in [1.82, 2.24) is 24.5 Å². The quantitative estimate of drug-likeness (QED) is 0.712. The molecule has 3 aromatic rings. The lowest BCUT2D eigenvalue weighted by Gasteiger charge is -2.25. The normalized spacial score (nSPS) is 16.8. The van der Waals surface area contributed by atoms with Gasteiger partial charge in [-0.15, -0.1) is 10.2 Å². The first kappa shape index (κ1) is 12.7. The molecule has 3 heterocycles. The van der Waals surface area contributed by atoms with Crippen molar-refractivity contribution < 1.29 is 4.74 Å². The predicted molar refractivity (Wildman–Crippen MR) is 79.1 cm³/mol. The number of nitrogens with zero attached hydrogens (tertiary/aromatic N) is 5. The summed E-state index contributed by atoms with van der Waals surface area (Å²) in [5, 5.41) is 9.82. The zero-order valence-electron chi connectivity index (χ0n) is 12.0. The molecule has 0 radical (unpaired) electrons. The van der Waals surface area contributed by atoms with Gasteiger partial charge in [0.1, 0.15) is 5.82 Å². The minimum absolute atomic E-state index is 0.783. The predicted octanol–water partition coefficient (Wildman–Crippen LogP) is 1.42. The second kappa shape index (κ2) is 5.05. The molecular formula is C15H17N5O. The Hall–Kier alpha value is -2.05. The van der Waals surface area contributed by atoms with E-state index in [1.54, 1.807) is 0 Å². The van der Waals surface area contributed by atoms with Crippen LogP contribution in [0.4, 0.5) is 0 Å². The van der Waals surface area contributed by atoms with Crippen molar-refractivity contribution in [2.75, 3.05) is 26.3 Å². The molecular weight excluding hydrogens is 266 g/mol. The molecule has 108 valence electrons. The van der Waals surface area contributed by atoms with Crippen LogP contribution < -0.4 is 0 Å². The second-order valence-electron chi connectivity index (χ2n) is 5.34. The van der Waals surface area contributed by atoms with Crippen molar-refractivity contribution in [3.05, 3.63) is 35.9 Å². The van der Waals surface area contributed by atoms with Gasteiger partial charge >= 0.3 is 0 Å². The van der Waals surface area contributed by atoms with Crippen LogP contribution in [-0.2, 0) is 11.3 Å². The Balaban J connectivity index is 1.81. The molecule has 0 amide bonds. The summed E-state index contributed by atoms with van der Waals surface area (Å²) in [6.07, 6.45) is 0. The summed E-state index contributed by atoms with van der Waals surface area (Å²) in [5.74, 6) is 1.87. The summed E-state index contributed by atoms with van der Waals surface area (Å²) < 4.78 is 7.46. The van der Waals surface area contributed by atoms with Gasteiger partial charge in [-0.2, -0.15) is 0 Å². The fraction of sp³-hybridized carbons (Fsp3) is 0.400. The molecule has 1 aromatic carbocycles. The first-order chi connectivity index (χ1) is 10.3. The standard InChI is InChI=1S/C15H17N5O/c1-11-16-13-5-3-2-4-12(13)15-18-17-14(20(11)15)10-19-6-8-21-9-7-19/h2-5H,6-10H2,1H3. The number of benzene rings is 1. The average Bonchev–Trinajstić information content (AvgIpc) is 2.93. The number of aromatic nitrogens is 4. The lowest BCUT2D eigenvalue weighted by atomic mass is 10.2. The molecule has 0 saturated carbocycles. The maximum absolute atomic E-state index is 5.39. The second-order valence-corrected chi connectivity index (χ2v) is 5.34. The van der Waals surface area contributed by atoms with Crippen LogP contribution in [0.2, 0.25) is 0 Å². The van der Waals surface area contributed by atoms with E-state index in [-0.39, 0.29) is 0 Å². The lowest BCUT2D eigenvalue weighted by Crippen LogP contribution is -2.36. The van der Waals surface area contributed by atoms with Gasteiger partial charge < -0.3 is 4.74 Å². The highest BCUT2D eigenvalue weighted by Crippen LogP contribution is 2.19. The summed E-state index contributed by atoms with van der Waals surface area (Å²) in [6, 6.07) is 8.06. The molecule has 0 spiro atoms. The van der Waals surface area contributed by atoms with Gasteiger partial charge in [-0.05, 0) is 19.1 Å². The molecule has 2 aromatic heterocycles. The maximum atomic E-state index is 5.39. The van der Waals surface area contributed by atoms with Crippen LogP contribution in [-0.4, -0.2) is 50.8 Å². The lowest BCUT2D eigenvalue weighted by molar-refractivity contribution is 0.0329. The molecule has 1 aliphatic rings. The van der Waals surface area contributed by atoms with E-state index in [2.05, 4.69) is 24.5 Å². The number of rotatable bonds is 2. The van der Waals surface area contributed by atoms with Crippen LogP contribution in [0.5, 0.6) is 0 Å². The van der Waals surface area contributed by atoms with Crippen molar-refractivity contribution in [1.29, 1.82) is 0 Å². The highest BCUT2D eigenvalue weighted by Gasteiger charge is 2.17. The Labute approximate surface area is 122 Å². The molecule has 0 atom stereocenters. The number of hydrogen-bond acceptors (Lipinski definition) is 5. The van der Waals surface area contributed by atoms with Crippen LogP contribution >= 0.6 is 0 Å². The molecule has 0 aliphatic carbocycles. The Morgan fingerprint density at radius 1 is 1.14 bits per heavy atom. The van der Waals surface area contributed by atoms with Crippen molar-refractivity contribution in [2.24, 2.45) is 0 Å². The van der Waals surface area contributed by atoms with Gasteiger partial charge in [0, 0.05) is 18.5 Å². The highest BCUT2D eigenvalue weighted by atomic mass is 16.5. The van der Waals surface area contributed by atoms with Gasteiger partial charge in [0.2, 0.25) is 0 Å². The van der Waals surface area contributed by atoms with Crippen LogP contribution in [0.1, 0.15) is 11.6 Å². The molecule has 1 fully saturated rings. The number of para-hydroxylation sites is 1. The Kier molecular flexibility index (Phi) is 3.05. The molecule has 6 heteroatoms. The van der Waals surface area contributed by atoms with Crippen LogP contribution in [0.25, 0.3) is 16.6 Å². The third-order valence-corrected chi connectivity index (χ3v) is 3.95. The van der Waals surface area contributed by atoms with Gasteiger partial charge in [-0.25, -0.2) is 4.98 Å². The smallest absolute Gasteiger partial charge is 0.171 e. The van der Waals surface area contributed by atoms with E-state index in [1.165, 1.54) is 0 Å². The van der Waals surface area contributed by atoms with Crippen molar-refractivity contribution in [3.8, 4) is 0 Å². The Bertz CT molecular complexity index is 791. The molecule has 0 N–H and O–H groups in total. The Morgan fingerprint density at radius 3 is 2.81 bits per heavy atom. The zero-order chi connectivity index (χ0) is 14.2. The summed E-state index contributed by atoms with van der Waals surface area (Å²) in [5.41, 5.74) is 1.86. The van der Waals surface area contributed by atoms with E-state index in [0.29, 0.717) is 0 Å². The minimum atomic E-state index is 0.783. The van der Waals surface area contributed by atoms with Gasteiger partial charge in [0.05, 0.1) is 25.3 Å².